The van der Waals surface area contributed by atoms with Crippen molar-refractivity contribution in [3.63, 3.8) is 0 Å². The summed E-state index contributed by atoms with van der Waals surface area (Å²) >= 11 is 0. The first-order valence-corrected chi connectivity index (χ1v) is 11.2. The highest BCUT2D eigenvalue weighted by Gasteiger charge is 2.48. The van der Waals surface area contributed by atoms with Crippen molar-refractivity contribution in [3.05, 3.63) is 29.6 Å². The van der Waals surface area contributed by atoms with Gasteiger partial charge in [-0.15, -0.1) is 0 Å². The standard InChI is InChI=1S/C23H32FN3O4/c1-22(2,3)31-21(29)27-11-9-23(10-12-27)18(14-25-20(28)26-23)17-8-7-15(24)13-19(17)30-16-5-4-6-16/h7-8,13,16,18H,4-6,9-12,14H2,1-3H3,(H2,25,26,28). The second-order valence-corrected chi connectivity index (χ2v) is 9.86. The maximum absolute atomic E-state index is 14.0. The van der Waals surface area contributed by atoms with Crippen LogP contribution in [0.3, 0.4) is 0 Å². The van der Waals surface area contributed by atoms with Gasteiger partial charge in [-0.2, -0.15) is 0 Å². The molecule has 1 aromatic carbocycles. The van der Waals surface area contributed by atoms with E-state index in [9.17, 15) is 14.0 Å². The summed E-state index contributed by atoms with van der Waals surface area (Å²) in [5.74, 6) is 0.128. The monoisotopic (exact) mass is 433 g/mol. The Labute approximate surface area is 182 Å². The molecule has 7 nitrogen and oxygen atoms in total. The average molecular weight is 434 g/mol. The summed E-state index contributed by atoms with van der Waals surface area (Å²) < 4.78 is 25.7. The largest absolute Gasteiger partial charge is 0.490 e. The van der Waals surface area contributed by atoms with E-state index in [2.05, 4.69) is 10.6 Å². The molecule has 2 aliphatic heterocycles. The Kier molecular flexibility index (Phi) is 5.75. The maximum Gasteiger partial charge on any atom is 0.410 e. The molecule has 2 N–H and O–H groups in total. The molecule has 2 saturated heterocycles. The van der Waals surface area contributed by atoms with Crippen LogP contribution < -0.4 is 15.4 Å². The molecule has 1 aliphatic carbocycles. The smallest absolute Gasteiger partial charge is 0.410 e. The van der Waals surface area contributed by atoms with E-state index in [1.54, 1.807) is 11.0 Å². The summed E-state index contributed by atoms with van der Waals surface area (Å²) in [6.45, 7) is 6.93. The molecule has 4 rings (SSSR count). The van der Waals surface area contributed by atoms with Gasteiger partial charge >= 0.3 is 12.1 Å². The molecule has 170 valence electrons. The fourth-order valence-electron chi connectivity index (χ4n) is 4.61. The zero-order valence-electron chi connectivity index (χ0n) is 18.5. The van der Waals surface area contributed by atoms with Crippen LogP contribution in [0.1, 0.15) is 64.4 Å². The minimum atomic E-state index is -0.556. The number of nitrogens with zero attached hydrogens (tertiary/aromatic N) is 1. The molecule has 0 radical (unpaired) electrons. The number of hydrogen-bond donors (Lipinski definition) is 2. The molecular weight excluding hydrogens is 401 g/mol. The molecule has 2 heterocycles. The highest BCUT2D eigenvalue weighted by molar-refractivity contribution is 5.77. The number of piperidine rings is 1. The number of urea groups is 1. The van der Waals surface area contributed by atoms with Crippen LogP contribution in [-0.4, -0.2) is 53.9 Å². The topological polar surface area (TPSA) is 79.9 Å². The fraction of sp³-hybridized carbons (Fsp3) is 0.652. The van der Waals surface area contributed by atoms with E-state index in [-0.39, 0.29) is 30.0 Å². The number of benzene rings is 1. The minimum Gasteiger partial charge on any atom is -0.490 e. The molecule has 3 fully saturated rings. The van der Waals surface area contributed by atoms with Crippen molar-refractivity contribution in [2.75, 3.05) is 19.6 Å². The van der Waals surface area contributed by atoms with Crippen LogP contribution in [0.4, 0.5) is 14.0 Å². The highest BCUT2D eigenvalue weighted by atomic mass is 19.1. The summed E-state index contributed by atoms with van der Waals surface area (Å²) in [6.07, 6.45) is 4.04. The van der Waals surface area contributed by atoms with Gasteiger partial charge in [0.25, 0.3) is 0 Å². The van der Waals surface area contributed by atoms with E-state index < -0.39 is 11.1 Å². The Balaban J connectivity index is 1.56. The van der Waals surface area contributed by atoms with Crippen LogP contribution in [0.5, 0.6) is 5.75 Å². The molecule has 8 heteroatoms. The molecule has 0 aromatic heterocycles. The number of nitrogens with one attached hydrogen (secondary N) is 2. The molecule has 3 aliphatic rings. The molecular formula is C23H32FN3O4. The van der Waals surface area contributed by atoms with E-state index in [1.165, 1.54) is 12.1 Å². The third kappa shape index (κ3) is 4.72. The SMILES string of the molecule is CC(C)(C)OC(=O)N1CCC2(CC1)NC(=O)NCC2c1ccc(F)cc1OC1CCC1. The van der Waals surface area contributed by atoms with Gasteiger partial charge in [0, 0.05) is 37.2 Å². The lowest BCUT2D eigenvalue weighted by Gasteiger charge is -2.49. The zero-order valence-corrected chi connectivity index (χ0v) is 18.5. The van der Waals surface area contributed by atoms with Gasteiger partial charge in [0.2, 0.25) is 0 Å². The number of carbonyl (C=O) groups is 2. The van der Waals surface area contributed by atoms with Gasteiger partial charge in [-0.25, -0.2) is 14.0 Å². The quantitative estimate of drug-likeness (QED) is 0.757. The molecule has 1 saturated carbocycles. The van der Waals surface area contributed by atoms with Crippen molar-refractivity contribution < 1.29 is 23.5 Å². The summed E-state index contributed by atoms with van der Waals surface area (Å²) in [5.41, 5.74) is -0.192. The lowest BCUT2D eigenvalue weighted by Crippen LogP contribution is -2.66. The van der Waals surface area contributed by atoms with Gasteiger partial charge in [0.05, 0.1) is 11.6 Å². The second kappa shape index (κ2) is 8.20. The van der Waals surface area contributed by atoms with Crippen LogP contribution >= 0.6 is 0 Å². The Morgan fingerprint density at radius 2 is 1.94 bits per heavy atom. The molecule has 1 aromatic rings. The maximum atomic E-state index is 14.0. The summed E-state index contributed by atoms with van der Waals surface area (Å²) in [6, 6.07) is 4.46. The highest BCUT2D eigenvalue weighted by Crippen LogP contribution is 2.43. The summed E-state index contributed by atoms with van der Waals surface area (Å²) in [7, 11) is 0. The van der Waals surface area contributed by atoms with Crippen LogP contribution in [0.25, 0.3) is 0 Å². The van der Waals surface area contributed by atoms with Crippen molar-refractivity contribution >= 4 is 12.1 Å². The van der Waals surface area contributed by atoms with E-state index >= 15 is 0 Å². The van der Waals surface area contributed by atoms with Crippen molar-refractivity contribution in [1.29, 1.82) is 0 Å². The number of halogens is 1. The first kappa shape index (κ1) is 21.7. The number of hydrogen-bond acceptors (Lipinski definition) is 4. The number of ether oxygens (including phenoxy) is 2. The zero-order chi connectivity index (χ0) is 22.2. The molecule has 31 heavy (non-hydrogen) atoms. The van der Waals surface area contributed by atoms with Gasteiger partial charge in [0.1, 0.15) is 17.2 Å². The van der Waals surface area contributed by atoms with E-state index in [1.807, 2.05) is 20.8 Å². The van der Waals surface area contributed by atoms with E-state index in [4.69, 9.17) is 9.47 Å². The van der Waals surface area contributed by atoms with E-state index in [0.717, 1.165) is 24.8 Å². The van der Waals surface area contributed by atoms with Crippen LogP contribution in [0, 0.1) is 5.82 Å². The summed E-state index contributed by atoms with van der Waals surface area (Å²) in [5, 5.41) is 6.02. The average Bonchev–Trinajstić information content (AvgIpc) is 2.65. The lowest BCUT2D eigenvalue weighted by molar-refractivity contribution is 0.0125. The second-order valence-electron chi connectivity index (χ2n) is 9.86. The van der Waals surface area contributed by atoms with E-state index in [0.29, 0.717) is 38.2 Å². The van der Waals surface area contributed by atoms with Gasteiger partial charge < -0.3 is 25.0 Å². The Morgan fingerprint density at radius 3 is 2.55 bits per heavy atom. The third-order valence-corrected chi connectivity index (χ3v) is 6.50. The van der Waals surface area contributed by atoms with Crippen LogP contribution in [-0.2, 0) is 4.74 Å². The number of rotatable bonds is 3. The van der Waals surface area contributed by atoms with Crippen LogP contribution in [0.2, 0.25) is 0 Å². The normalized spacial score (nSPS) is 23.5. The third-order valence-electron chi connectivity index (χ3n) is 6.50. The van der Waals surface area contributed by atoms with Gasteiger partial charge in [-0.05, 0) is 58.9 Å². The van der Waals surface area contributed by atoms with Crippen molar-refractivity contribution in [1.82, 2.24) is 15.5 Å². The minimum absolute atomic E-state index is 0.0957. The first-order chi connectivity index (χ1) is 14.7. The molecule has 1 unspecified atom stereocenters. The summed E-state index contributed by atoms with van der Waals surface area (Å²) in [4.78, 5) is 26.5. The number of carbonyl (C=O) groups excluding carboxylic acids is 2. The Bertz CT molecular complexity index is 842. The Morgan fingerprint density at radius 1 is 1.23 bits per heavy atom. The first-order valence-electron chi connectivity index (χ1n) is 11.2. The molecule has 1 atom stereocenters. The Hall–Kier alpha value is -2.51. The predicted molar refractivity (Wildman–Crippen MR) is 114 cm³/mol. The lowest BCUT2D eigenvalue weighted by atomic mass is 9.71. The van der Waals surface area contributed by atoms with Crippen molar-refractivity contribution in [3.8, 4) is 5.75 Å². The van der Waals surface area contributed by atoms with Gasteiger partial charge in [0.15, 0.2) is 0 Å². The van der Waals surface area contributed by atoms with Gasteiger partial charge in [-0.1, -0.05) is 6.07 Å². The number of likely N-dealkylation sites (tertiary alicyclic amines) is 1. The van der Waals surface area contributed by atoms with Gasteiger partial charge in [-0.3, -0.25) is 0 Å². The van der Waals surface area contributed by atoms with Crippen molar-refractivity contribution in [2.24, 2.45) is 0 Å². The number of amides is 3. The predicted octanol–water partition coefficient (Wildman–Crippen LogP) is 3.92. The molecule has 0 bridgehead atoms. The molecule has 1 spiro atoms. The fourth-order valence-corrected chi connectivity index (χ4v) is 4.61. The molecule has 3 amide bonds. The van der Waals surface area contributed by atoms with Crippen LogP contribution in [0.15, 0.2) is 18.2 Å². The van der Waals surface area contributed by atoms with Crippen molar-refractivity contribution in [2.45, 2.75) is 76.0 Å².